The monoisotopic (exact) mass is 344 g/mol. The zero-order valence-electron chi connectivity index (χ0n) is 11.9. The third-order valence-corrected chi connectivity index (χ3v) is 5.40. The first-order valence-corrected chi connectivity index (χ1v) is 8.90. The van der Waals surface area contributed by atoms with Crippen molar-refractivity contribution in [3.8, 4) is 11.5 Å². The van der Waals surface area contributed by atoms with Gasteiger partial charge in [-0.3, -0.25) is 0 Å². The fourth-order valence-corrected chi connectivity index (χ4v) is 3.91. The molecule has 0 atom stereocenters. The molecule has 0 radical (unpaired) electrons. The van der Waals surface area contributed by atoms with Crippen LogP contribution < -0.4 is 19.5 Å². The molecule has 0 aliphatic carbocycles. The number of nitrogens with one attached hydrogen (secondary N) is 2. The molecule has 22 heavy (non-hydrogen) atoms. The molecule has 120 valence electrons. The van der Waals surface area contributed by atoms with E-state index in [4.69, 9.17) is 21.1 Å². The van der Waals surface area contributed by atoms with Crippen LogP contribution >= 0.6 is 11.6 Å². The minimum Gasteiger partial charge on any atom is -0.486 e. The first kappa shape index (κ1) is 15.6. The molecule has 8 heteroatoms. The molecule has 0 bridgehead atoms. The Morgan fingerprint density at radius 1 is 1.23 bits per heavy atom. The maximum absolute atomic E-state index is 12.4. The summed E-state index contributed by atoms with van der Waals surface area (Å²) in [6.07, 6.45) is 2.83. The number of hydrogen-bond donors (Lipinski definition) is 2. The van der Waals surface area contributed by atoms with Gasteiger partial charge in [0, 0.05) is 25.2 Å². The lowest BCUT2D eigenvalue weighted by molar-refractivity contribution is 0.171. The van der Waals surface area contributed by atoms with E-state index in [0.717, 1.165) is 25.1 Å². The summed E-state index contributed by atoms with van der Waals surface area (Å²) in [6, 6.07) is 2.89. The summed E-state index contributed by atoms with van der Waals surface area (Å²) >= 11 is 6.09. The minimum absolute atomic E-state index is 0.00736. The van der Waals surface area contributed by atoms with Crippen molar-refractivity contribution in [2.24, 2.45) is 0 Å². The molecule has 0 amide bonds. The van der Waals surface area contributed by atoms with Gasteiger partial charge in [-0.2, -0.15) is 0 Å². The van der Waals surface area contributed by atoms with E-state index in [1.807, 2.05) is 6.08 Å². The van der Waals surface area contributed by atoms with Crippen LogP contribution in [0.25, 0.3) is 0 Å². The molecular weight excluding hydrogens is 328 g/mol. The predicted octanol–water partition coefficient (Wildman–Crippen LogP) is 1.31. The second-order valence-electron chi connectivity index (χ2n) is 5.07. The summed E-state index contributed by atoms with van der Waals surface area (Å²) in [4.78, 5) is 0.00736. The first-order valence-electron chi connectivity index (χ1n) is 7.04. The van der Waals surface area contributed by atoms with Crippen LogP contribution in [0.4, 0.5) is 0 Å². The summed E-state index contributed by atoms with van der Waals surface area (Å²) in [6.45, 7) is 2.73. The van der Waals surface area contributed by atoms with Crippen molar-refractivity contribution >= 4 is 21.6 Å². The Balaban J connectivity index is 1.80. The molecule has 2 aliphatic rings. The van der Waals surface area contributed by atoms with Crippen molar-refractivity contribution in [1.29, 1.82) is 0 Å². The summed E-state index contributed by atoms with van der Waals surface area (Å²) in [7, 11) is -3.70. The molecule has 0 aromatic heterocycles. The SMILES string of the molecule is O=S(=O)(NCC1=CCNCC1)c1cc2c(cc1Cl)OCCO2. The zero-order valence-corrected chi connectivity index (χ0v) is 13.5. The smallest absolute Gasteiger partial charge is 0.242 e. The minimum atomic E-state index is -3.70. The Bertz CT molecular complexity index is 703. The third-order valence-electron chi connectivity index (χ3n) is 3.53. The van der Waals surface area contributed by atoms with Crippen LogP contribution in [0.3, 0.4) is 0 Å². The summed E-state index contributed by atoms with van der Waals surface area (Å²) in [5, 5.41) is 3.30. The highest BCUT2D eigenvalue weighted by atomic mass is 35.5. The van der Waals surface area contributed by atoms with Crippen LogP contribution in [-0.4, -0.2) is 41.3 Å². The molecule has 0 spiro atoms. The van der Waals surface area contributed by atoms with Crippen molar-refractivity contribution in [2.45, 2.75) is 11.3 Å². The Labute approximate surface area is 134 Å². The lowest BCUT2D eigenvalue weighted by Crippen LogP contribution is -2.30. The van der Waals surface area contributed by atoms with Crippen LogP contribution in [0.15, 0.2) is 28.7 Å². The largest absolute Gasteiger partial charge is 0.486 e. The van der Waals surface area contributed by atoms with E-state index >= 15 is 0 Å². The molecule has 3 rings (SSSR count). The van der Waals surface area contributed by atoms with Crippen molar-refractivity contribution in [3.63, 3.8) is 0 Å². The van der Waals surface area contributed by atoms with E-state index in [2.05, 4.69) is 10.0 Å². The second-order valence-corrected chi connectivity index (χ2v) is 7.21. The summed E-state index contributed by atoms with van der Waals surface area (Å²) in [5.74, 6) is 0.869. The van der Waals surface area contributed by atoms with Gasteiger partial charge < -0.3 is 14.8 Å². The lowest BCUT2D eigenvalue weighted by Gasteiger charge is -2.20. The highest BCUT2D eigenvalue weighted by Gasteiger charge is 2.23. The van der Waals surface area contributed by atoms with Crippen molar-refractivity contribution in [3.05, 3.63) is 28.8 Å². The quantitative estimate of drug-likeness (QED) is 0.805. The number of ether oxygens (including phenoxy) is 2. The molecule has 2 aliphatic heterocycles. The highest BCUT2D eigenvalue weighted by Crippen LogP contribution is 2.37. The Morgan fingerprint density at radius 3 is 2.64 bits per heavy atom. The average molecular weight is 345 g/mol. The van der Waals surface area contributed by atoms with E-state index < -0.39 is 10.0 Å². The molecule has 2 N–H and O–H groups in total. The molecular formula is C14H17ClN2O4S. The fraction of sp³-hybridized carbons (Fsp3) is 0.429. The van der Waals surface area contributed by atoms with Gasteiger partial charge in [-0.25, -0.2) is 13.1 Å². The van der Waals surface area contributed by atoms with Crippen LogP contribution in [0.5, 0.6) is 11.5 Å². The van der Waals surface area contributed by atoms with E-state index in [-0.39, 0.29) is 16.5 Å². The Morgan fingerprint density at radius 2 is 1.95 bits per heavy atom. The van der Waals surface area contributed by atoms with Gasteiger partial charge >= 0.3 is 0 Å². The molecule has 2 heterocycles. The topological polar surface area (TPSA) is 76.7 Å². The van der Waals surface area contributed by atoms with Gasteiger partial charge in [-0.1, -0.05) is 23.3 Å². The second kappa shape index (κ2) is 6.45. The van der Waals surface area contributed by atoms with Crippen LogP contribution in [0.2, 0.25) is 5.02 Å². The van der Waals surface area contributed by atoms with Gasteiger partial charge in [0.05, 0.1) is 5.02 Å². The van der Waals surface area contributed by atoms with Gasteiger partial charge in [0.15, 0.2) is 11.5 Å². The predicted molar refractivity (Wildman–Crippen MR) is 83.2 cm³/mol. The van der Waals surface area contributed by atoms with Crippen LogP contribution in [0, 0.1) is 0 Å². The molecule has 6 nitrogen and oxygen atoms in total. The maximum Gasteiger partial charge on any atom is 0.242 e. The molecule has 0 saturated carbocycles. The Hall–Kier alpha value is -1.28. The van der Waals surface area contributed by atoms with Gasteiger partial charge in [-0.15, -0.1) is 0 Å². The van der Waals surface area contributed by atoms with Crippen molar-refractivity contribution in [2.75, 3.05) is 32.8 Å². The number of benzene rings is 1. The highest BCUT2D eigenvalue weighted by molar-refractivity contribution is 7.89. The Kier molecular flexibility index (Phi) is 4.58. The van der Waals surface area contributed by atoms with Crippen molar-refractivity contribution in [1.82, 2.24) is 10.0 Å². The van der Waals surface area contributed by atoms with Gasteiger partial charge in [0.1, 0.15) is 18.1 Å². The van der Waals surface area contributed by atoms with E-state index in [9.17, 15) is 8.42 Å². The molecule has 0 fully saturated rings. The van der Waals surface area contributed by atoms with E-state index in [1.165, 1.54) is 12.1 Å². The number of fused-ring (bicyclic) bond motifs is 1. The summed E-state index contributed by atoms with van der Waals surface area (Å²) < 4.78 is 38.3. The fourth-order valence-electron chi connectivity index (χ4n) is 2.35. The zero-order chi connectivity index (χ0) is 15.6. The summed E-state index contributed by atoms with van der Waals surface area (Å²) in [5.41, 5.74) is 1.07. The van der Waals surface area contributed by atoms with Crippen LogP contribution in [0.1, 0.15) is 6.42 Å². The number of hydrogen-bond acceptors (Lipinski definition) is 5. The molecule has 0 unspecified atom stereocenters. The molecule has 1 aromatic rings. The number of halogens is 1. The molecule has 0 saturated heterocycles. The first-order chi connectivity index (χ1) is 10.6. The van der Waals surface area contributed by atoms with E-state index in [0.29, 0.717) is 24.7 Å². The normalized spacial score (nSPS) is 18.0. The van der Waals surface area contributed by atoms with Gasteiger partial charge in [0.25, 0.3) is 0 Å². The average Bonchev–Trinajstić information content (AvgIpc) is 2.53. The van der Waals surface area contributed by atoms with E-state index in [1.54, 1.807) is 0 Å². The standard InChI is InChI=1S/C14H17ClN2O4S/c15-11-7-12-13(21-6-5-20-12)8-14(11)22(18,19)17-9-10-1-3-16-4-2-10/h1,7-8,16-17H,2-6,9H2. The van der Waals surface area contributed by atoms with Crippen LogP contribution in [-0.2, 0) is 10.0 Å². The molecule has 1 aromatic carbocycles. The lowest BCUT2D eigenvalue weighted by atomic mass is 10.1. The maximum atomic E-state index is 12.4. The van der Waals surface area contributed by atoms with Gasteiger partial charge in [0.2, 0.25) is 10.0 Å². The van der Waals surface area contributed by atoms with Crippen molar-refractivity contribution < 1.29 is 17.9 Å². The number of sulfonamides is 1. The third kappa shape index (κ3) is 3.38. The number of rotatable bonds is 4. The van der Waals surface area contributed by atoms with Gasteiger partial charge in [-0.05, 0) is 13.0 Å².